The fourth-order valence-electron chi connectivity index (χ4n) is 1.41. The molecule has 5 N–H and O–H groups in total. The number of carboxylic acids is 1. The Morgan fingerprint density at radius 2 is 1.53 bits per heavy atom. The molecule has 0 atom stereocenters. The molecular formula is C11H25GdN3O2. The van der Waals surface area contributed by atoms with Gasteiger partial charge in [0.1, 0.15) is 0 Å². The first-order valence-electron chi connectivity index (χ1n) is 6.10. The van der Waals surface area contributed by atoms with Crippen molar-refractivity contribution in [1.82, 2.24) is 10.6 Å². The van der Waals surface area contributed by atoms with Crippen LogP contribution >= 0.6 is 0 Å². The summed E-state index contributed by atoms with van der Waals surface area (Å²) in [5, 5.41) is 15.0. The zero-order valence-electron chi connectivity index (χ0n) is 10.4. The maximum absolute atomic E-state index is 10.2. The Morgan fingerprint density at radius 1 is 0.941 bits per heavy atom. The molecule has 0 fully saturated rings. The molecule has 0 aromatic carbocycles. The van der Waals surface area contributed by atoms with E-state index in [9.17, 15) is 4.79 Å². The molecule has 0 saturated carbocycles. The van der Waals surface area contributed by atoms with Crippen LogP contribution in [-0.4, -0.2) is 43.8 Å². The average molecular weight is 389 g/mol. The van der Waals surface area contributed by atoms with E-state index in [1.807, 2.05) is 0 Å². The Balaban J connectivity index is 0. The Bertz CT molecular complexity index is 171. The predicted molar refractivity (Wildman–Crippen MR) is 65.5 cm³/mol. The second-order valence-electron chi connectivity index (χ2n) is 3.85. The van der Waals surface area contributed by atoms with E-state index in [1.54, 1.807) is 0 Å². The van der Waals surface area contributed by atoms with Gasteiger partial charge >= 0.3 is 5.97 Å². The molecule has 5 nitrogen and oxygen atoms in total. The molecule has 0 aliphatic carbocycles. The van der Waals surface area contributed by atoms with Crippen molar-refractivity contribution in [3.8, 4) is 0 Å². The number of carbonyl (C=O) groups is 1. The van der Waals surface area contributed by atoms with Crippen LogP contribution in [0, 0.1) is 39.9 Å². The number of aliphatic carboxylic acids is 1. The summed E-state index contributed by atoms with van der Waals surface area (Å²) in [6.45, 7) is 4.49. The van der Waals surface area contributed by atoms with Crippen molar-refractivity contribution in [3.05, 3.63) is 0 Å². The van der Waals surface area contributed by atoms with Crippen LogP contribution in [-0.2, 0) is 4.79 Å². The normalized spacial score (nSPS) is 9.94. The van der Waals surface area contributed by atoms with Crippen LogP contribution in [0.2, 0.25) is 0 Å². The van der Waals surface area contributed by atoms with Gasteiger partial charge < -0.3 is 21.5 Å². The number of unbranched alkanes of at least 4 members (excludes halogenated alkanes) is 3. The minimum Gasteiger partial charge on any atom is -0.481 e. The van der Waals surface area contributed by atoms with Gasteiger partial charge in [-0.2, -0.15) is 0 Å². The van der Waals surface area contributed by atoms with Gasteiger partial charge in [-0.1, -0.05) is 12.8 Å². The first-order valence-corrected chi connectivity index (χ1v) is 6.10. The molecule has 0 spiro atoms. The van der Waals surface area contributed by atoms with E-state index in [0.717, 1.165) is 51.9 Å². The molecule has 6 heteroatoms. The van der Waals surface area contributed by atoms with Crippen molar-refractivity contribution in [1.29, 1.82) is 0 Å². The van der Waals surface area contributed by atoms with Gasteiger partial charge in [0.05, 0.1) is 0 Å². The summed E-state index contributed by atoms with van der Waals surface area (Å²) in [6, 6.07) is 0. The fraction of sp³-hybridized carbons (Fsp3) is 0.909. The van der Waals surface area contributed by atoms with Crippen LogP contribution in [0.15, 0.2) is 0 Å². The van der Waals surface area contributed by atoms with Crippen LogP contribution in [0.4, 0.5) is 0 Å². The Labute approximate surface area is 136 Å². The third-order valence-corrected chi connectivity index (χ3v) is 2.29. The summed E-state index contributed by atoms with van der Waals surface area (Å²) in [5.74, 6) is -0.691. The molecule has 17 heavy (non-hydrogen) atoms. The predicted octanol–water partition coefficient (Wildman–Crippen LogP) is 0.159. The maximum atomic E-state index is 10.2. The Kier molecular flexibility index (Phi) is 19.6. The number of rotatable bonds is 12. The van der Waals surface area contributed by atoms with E-state index in [-0.39, 0.29) is 39.9 Å². The summed E-state index contributed by atoms with van der Waals surface area (Å²) in [6.07, 6.45) is 4.34. The Morgan fingerprint density at radius 3 is 2.12 bits per heavy atom. The smallest absolute Gasteiger partial charge is 0.303 e. The molecular weight excluding hydrogens is 363 g/mol. The third kappa shape index (κ3) is 19.2. The molecule has 0 bridgehead atoms. The zero-order chi connectivity index (χ0) is 12.1. The van der Waals surface area contributed by atoms with Crippen LogP contribution < -0.4 is 16.4 Å². The molecule has 0 aliphatic heterocycles. The van der Waals surface area contributed by atoms with Gasteiger partial charge in [-0.3, -0.25) is 4.79 Å². The number of nitrogens with two attached hydrogens (primary N) is 1. The minimum absolute atomic E-state index is 0. The maximum Gasteiger partial charge on any atom is 0.303 e. The SMILES string of the molecule is NCCNCCNCCCCCCC(=O)O.[Gd]. The first-order chi connectivity index (χ1) is 7.77. The molecule has 0 unspecified atom stereocenters. The fourth-order valence-corrected chi connectivity index (χ4v) is 1.41. The molecule has 0 rings (SSSR count). The average Bonchev–Trinajstić information content (AvgIpc) is 2.25. The number of carboxylic acid groups (broad SMARTS) is 1. The van der Waals surface area contributed by atoms with Crippen LogP contribution in [0.5, 0.6) is 0 Å². The molecule has 0 aromatic rings. The van der Waals surface area contributed by atoms with E-state index in [0.29, 0.717) is 13.0 Å². The molecule has 0 aliphatic rings. The second kappa shape index (κ2) is 16.7. The molecule has 0 radical (unpaired) electrons. The molecule has 0 heterocycles. The van der Waals surface area contributed by atoms with Crippen LogP contribution in [0.25, 0.3) is 0 Å². The topological polar surface area (TPSA) is 87.4 Å². The third-order valence-electron chi connectivity index (χ3n) is 2.29. The summed E-state index contributed by atoms with van der Waals surface area (Å²) in [5.41, 5.74) is 5.33. The van der Waals surface area contributed by atoms with E-state index in [4.69, 9.17) is 10.8 Å². The van der Waals surface area contributed by atoms with Crippen molar-refractivity contribution < 1.29 is 49.8 Å². The summed E-state index contributed by atoms with van der Waals surface area (Å²) >= 11 is 0. The zero-order valence-corrected chi connectivity index (χ0v) is 12.6. The van der Waals surface area contributed by atoms with Gasteiger partial charge in [0.25, 0.3) is 0 Å². The van der Waals surface area contributed by atoms with Gasteiger partial charge in [0.2, 0.25) is 0 Å². The largest absolute Gasteiger partial charge is 0.481 e. The second-order valence-corrected chi connectivity index (χ2v) is 3.85. The van der Waals surface area contributed by atoms with Gasteiger partial charge in [-0.05, 0) is 19.4 Å². The van der Waals surface area contributed by atoms with Gasteiger partial charge in [0.15, 0.2) is 0 Å². The summed E-state index contributed by atoms with van der Waals surface area (Å²) in [4.78, 5) is 10.2. The molecule has 104 valence electrons. The van der Waals surface area contributed by atoms with Crippen molar-refractivity contribution in [2.45, 2.75) is 32.1 Å². The summed E-state index contributed by atoms with van der Waals surface area (Å²) < 4.78 is 0. The van der Waals surface area contributed by atoms with Crippen LogP contribution in [0.1, 0.15) is 32.1 Å². The summed E-state index contributed by atoms with van der Waals surface area (Å²) in [7, 11) is 0. The van der Waals surface area contributed by atoms with Gasteiger partial charge in [0, 0.05) is 72.5 Å². The van der Waals surface area contributed by atoms with Crippen molar-refractivity contribution in [2.24, 2.45) is 5.73 Å². The van der Waals surface area contributed by atoms with Crippen molar-refractivity contribution >= 4 is 5.97 Å². The van der Waals surface area contributed by atoms with E-state index >= 15 is 0 Å². The Hall–Kier alpha value is 0.675. The monoisotopic (exact) mass is 389 g/mol. The quantitative estimate of drug-likeness (QED) is 0.358. The molecule has 0 amide bonds. The molecule has 0 aromatic heterocycles. The minimum atomic E-state index is -0.691. The van der Waals surface area contributed by atoms with Crippen LogP contribution in [0.3, 0.4) is 0 Å². The van der Waals surface area contributed by atoms with Gasteiger partial charge in [-0.15, -0.1) is 0 Å². The first kappa shape index (κ1) is 20.0. The standard InChI is InChI=1S/C11H25N3O2.Gd/c12-6-8-14-10-9-13-7-4-2-1-3-5-11(15)16;/h13-14H,1-10,12H2,(H,15,16);. The molecule has 0 saturated heterocycles. The van der Waals surface area contributed by atoms with Crippen molar-refractivity contribution in [3.63, 3.8) is 0 Å². The number of hydrogen-bond acceptors (Lipinski definition) is 4. The van der Waals surface area contributed by atoms with E-state index in [1.165, 1.54) is 0 Å². The van der Waals surface area contributed by atoms with E-state index in [2.05, 4.69) is 10.6 Å². The number of hydrogen-bond donors (Lipinski definition) is 4. The number of nitrogens with one attached hydrogen (secondary N) is 2. The van der Waals surface area contributed by atoms with Crippen molar-refractivity contribution in [2.75, 3.05) is 32.7 Å². The van der Waals surface area contributed by atoms with E-state index < -0.39 is 5.97 Å². The van der Waals surface area contributed by atoms with Gasteiger partial charge in [-0.25, -0.2) is 0 Å².